The molecule has 0 aliphatic heterocycles. The molecule has 0 fully saturated rings. The first kappa shape index (κ1) is 11.8. The van der Waals surface area contributed by atoms with E-state index in [1.165, 1.54) is 0 Å². The van der Waals surface area contributed by atoms with Crippen molar-refractivity contribution in [2.75, 3.05) is 6.61 Å². The fraction of sp³-hybridized carbons (Fsp3) is 0.267. The van der Waals surface area contributed by atoms with Gasteiger partial charge < -0.3 is 13.6 Å². The van der Waals surface area contributed by atoms with E-state index in [0.717, 1.165) is 33.3 Å². The van der Waals surface area contributed by atoms with Gasteiger partial charge in [-0.15, -0.1) is 0 Å². The number of benzene rings is 1. The smallest absolute Gasteiger partial charge is 0.310 e. The molecule has 0 unspecified atom stereocenters. The molecule has 0 atom stereocenters. The summed E-state index contributed by atoms with van der Waals surface area (Å²) in [5.74, 6) is 0.591. The van der Waals surface area contributed by atoms with Gasteiger partial charge in [-0.05, 0) is 32.0 Å². The van der Waals surface area contributed by atoms with Gasteiger partial charge in [-0.3, -0.25) is 4.79 Å². The summed E-state index contributed by atoms with van der Waals surface area (Å²) in [5.41, 5.74) is 2.39. The van der Waals surface area contributed by atoms with Crippen LogP contribution in [-0.4, -0.2) is 12.6 Å². The molecule has 0 N–H and O–H groups in total. The lowest BCUT2D eigenvalue weighted by Gasteiger charge is -2.00. The van der Waals surface area contributed by atoms with Gasteiger partial charge in [0.15, 0.2) is 0 Å². The van der Waals surface area contributed by atoms with Crippen LogP contribution in [0.15, 0.2) is 33.3 Å². The molecular weight excluding hydrogens is 244 g/mol. The molecular formula is C15H14O4. The third-order valence-corrected chi connectivity index (χ3v) is 3.08. The minimum Gasteiger partial charge on any atom is -0.466 e. The predicted molar refractivity (Wildman–Crippen MR) is 71.1 cm³/mol. The summed E-state index contributed by atoms with van der Waals surface area (Å²) in [5, 5.41) is 1.91. The van der Waals surface area contributed by atoms with Crippen LogP contribution in [0, 0.1) is 6.92 Å². The number of furan rings is 2. The first-order valence-electron chi connectivity index (χ1n) is 6.24. The molecule has 2 heterocycles. The summed E-state index contributed by atoms with van der Waals surface area (Å²) in [6, 6.07) is 5.69. The van der Waals surface area contributed by atoms with Gasteiger partial charge in [0, 0.05) is 16.3 Å². The average molecular weight is 258 g/mol. The van der Waals surface area contributed by atoms with Crippen molar-refractivity contribution in [3.63, 3.8) is 0 Å². The maximum absolute atomic E-state index is 11.6. The standard InChI is InChI=1S/C15H14O4/c1-3-17-14(16)7-10-8-18-13-5-4-12-11(15(10)13)6-9(2)19-12/h4-6,8H,3,7H2,1-2H3. The Morgan fingerprint density at radius 2 is 2.11 bits per heavy atom. The second kappa shape index (κ2) is 4.46. The first-order chi connectivity index (χ1) is 9.19. The Labute approximate surface area is 109 Å². The van der Waals surface area contributed by atoms with Crippen LogP contribution in [0.5, 0.6) is 0 Å². The van der Waals surface area contributed by atoms with Crippen molar-refractivity contribution in [1.29, 1.82) is 0 Å². The third kappa shape index (κ3) is 1.99. The number of esters is 1. The summed E-state index contributed by atoms with van der Waals surface area (Å²) in [6.45, 7) is 4.08. The normalized spacial score (nSPS) is 11.3. The van der Waals surface area contributed by atoms with Gasteiger partial charge in [-0.2, -0.15) is 0 Å². The van der Waals surface area contributed by atoms with Crippen LogP contribution in [0.2, 0.25) is 0 Å². The highest BCUT2D eigenvalue weighted by molar-refractivity contribution is 6.06. The van der Waals surface area contributed by atoms with E-state index < -0.39 is 0 Å². The van der Waals surface area contributed by atoms with E-state index in [9.17, 15) is 4.79 Å². The second-order valence-corrected chi connectivity index (χ2v) is 4.45. The molecule has 3 aromatic rings. The molecule has 0 bridgehead atoms. The molecule has 98 valence electrons. The molecule has 0 saturated heterocycles. The molecule has 0 aliphatic rings. The molecule has 19 heavy (non-hydrogen) atoms. The highest BCUT2D eigenvalue weighted by Gasteiger charge is 2.15. The number of hydrogen-bond acceptors (Lipinski definition) is 4. The van der Waals surface area contributed by atoms with Gasteiger partial charge in [-0.25, -0.2) is 0 Å². The topological polar surface area (TPSA) is 52.6 Å². The van der Waals surface area contributed by atoms with Gasteiger partial charge in [0.2, 0.25) is 0 Å². The van der Waals surface area contributed by atoms with Crippen molar-refractivity contribution >= 4 is 27.9 Å². The van der Waals surface area contributed by atoms with E-state index in [1.54, 1.807) is 13.2 Å². The maximum Gasteiger partial charge on any atom is 0.310 e. The van der Waals surface area contributed by atoms with Crippen LogP contribution >= 0.6 is 0 Å². The summed E-state index contributed by atoms with van der Waals surface area (Å²) in [4.78, 5) is 11.6. The quantitative estimate of drug-likeness (QED) is 0.673. The first-order valence-corrected chi connectivity index (χ1v) is 6.24. The minimum atomic E-state index is -0.248. The SMILES string of the molecule is CCOC(=O)Cc1coc2ccc3oc(C)cc3c12. The van der Waals surface area contributed by atoms with E-state index in [4.69, 9.17) is 13.6 Å². The number of carbonyl (C=O) groups is 1. The van der Waals surface area contributed by atoms with Gasteiger partial charge in [0.1, 0.15) is 16.9 Å². The van der Waals surface area contributed by atoms with Gasteiger partial charge in [-0.1, -0.05) is 0 Å². The van der Waals surface area contributed by atoms with Crippen molar-refractivity contribution in [3.05, 3.63) is 35.8 Å². The Bertz CT molecular complexity index is 748. The van der Waals surface area contributed by atoms with E-state index in [2.05, 4.69) is 0 Å². The van der Waals surface area contributed by atoms with Crippen LogP contribution < -0.4 is 0 Å². The van der Waals surface area contributed by atoms with Crippen molar-refractivity contribution in [1.82, 2.24) is 0 Å². The Hall–Kier alpha value is -2.23. The third-order valence-electron chi connectivity index (χ3n) is 3.08. The largest absolute Gasteiger partial charge is 0.466 e. The summed E-state index contributed by atoms with van der Waals surface area (Å²) in [6.07, 6.45) is 1.83. The molecule has 2 aromatic heterocycles. The zero-order valence-electron chi connectivity index (χ0n) is 10.9. The van der Waals surface area contributed by atoms with Crippen LogP contribution in [0.1, 0.15) is 18.2 Å². The minimum absolute atomic E-state index is 0.212. The van der Waals surface area contributed by atoms with Crippen LogP contribution in [0.4, 0.5) is 0 Å². The second-order valence-electron chi connectivity index (χ2n) is 4.45. The highest BCUT2D eigenvalue weighted by atomic mass is 16.5. The van der Waals surface area contributed by atoms with E-state index in [0.29, 0.717) is 6.61 Å². The Morgan fingerprint density at radius 1 is 1.32 bits per heavy atom. The van der Waals surface area contributed by atoms with E-state index in [-0.39, 0.29) is 12.4 Å². The number of fused-ring (bicyclic) bond motifs is 3. The molecule has 0 amide bonds. The van der Waals surface area contributed by atoms with Gasteiger partial charge in [0.25, 0.3) is 0 Å². The van der Waals surface area contributed by atoms with Crippen molar-refractivity contribution in [2.45, 2.75) is 20.3 Å². The average Bonchev–Trinajstić information content (AvgIpc) is 2.92. The molecule has 4 nitrogen and oxygen atoms in total. The van der Waals surface area contributed by atoms with Crippen LogP contribution in [0.3, 0.4) is 0 Å². The van der Waals surface area contributed by atoms with Crippen molar-refractivity contribution in [2.24, 2.45) is 0 Å². The Balaban J connectivity index is 2.14. The number of carbonyl (C=O) groups excluding carboxylic acids is 1. The zero-order valence-corrected chi connectivity index (χ0v) is 10.9. The highest BCUT2D eigenvalue weighted by Crippen LogP contribution is 2.32. The van der Waals surface area contributed by atoms with Crippen LogP contribution in [0.25, 0.3) is 21.9 Å². The molecule has 1 aromatic carbocycles. The van der Waals surface area contributed by atoms with Gasteiger partial charge in [0.05, 0.1) is 19.3 Å². The summed E-state index contributed by atoms with van der Waals surface area (Å²) in [7, 11) is 0. The molecule has 0 radical (unpaired) electrons. The number of aryl methyl sites for hydroxylation is 1. The Kier molecular flexibility index (Phi) is 2.78. The fourth-order valence-electron chi connectivity index (χ4n) is 2.34. The predicted octanol–water partition coefficient (Wildman–Crippen LogP) is 3.59. The van der Waals surface area contributed by atoms with Crippen molar-refractivity contribution < 1.29 is 18.4 Å². The van der Waals surface area contributed by atoms with E-state index in [1.807, 2.05) is 25.1 Å². The molecule has 0 spiro atoms. The zero-order chi connectivity index (χ0) is 13.4. The summed E-state index contributed by atoms with van der Waals surface area (Å²) < 4.78 is 16.1. The fourth-order valence-corrected chi connectivity index (χ4v) is 2.34. The lowest BCUT2D eigenvalue weighted by Crippen LogP contribution is -2.06. The number of hydrogen-bond donors (Lipinski definition) is 0. The maximum atomic E-state index is 11.6. The lowest BCUT2D eigenvalue weighted by atomic mass is 10.1. The monoisotopic (exact) mass is 258 g/mol. The molecule has 0 saturated carbocycles. The molecule has 0 aliphatic carbocycles. The number of rotatable bonds is 3. The lowest BCUT2D eigenvalue weighted by molar-refractivity contribution is -0.142. The van der Waals surface area contributed by atoms with Gasteiger partial charge >= 0.3 is 5.97 Å². The van der Waals surface area contributed by atoms with E-state index >= 15 is 0 Å². The van der Waals surface area contributed by atoms with Crippen molar-refractivity contribution in [3.8, 4) is 0 Å². The molecule has 3 rings (SSSR count). The Morgan fingerprint density at radius 3 is 2.89 bits per heavy atom. The summed E-state index contributed by atoms with van der Waals surface area (Å²) >= 11 is 0. The number of ether oxygens (including phenoxy) is 1. The molecule has 4 heteroatoms. The van der Waals surface area contributed by atoms with Crippen LogP contribution in [-0.2, 0) is 16.0 Å².